The van der Waals surface area contributed by atoms with E-state index in [1.54, 1.807) is 16.6 Å². The van der Waals surface area contributed by atoms with Crippen LogP contribution >= 0.6 is 0 Å². The minimum absolute atomic E-state index is 0.122. The summed E-state index contributed by atoms with van der Waals surface area (Å²) >= 11 is 0. The summed E-state index contributed by atoms with van der Waals surface area (Å²) in [6.07, 6.45) is 0.0246. The molecule has 0 spiro atoms. The first kappa shape index (κ1) is 21.6. The average molecular weight is 434 g/mol. The van der Waals surface area contributed by atoms with E-state index in [1.807, 2.05) is 75.4 Å². The molecular weight excluding hydrogens is 406 g/mol. The van der Waals surface area contributed by atoms with Crippen molar-refractivity contribution in [2.45, 2.75) is 39.3 Å². The number of carbonyl (C=O) groups is 1. The van der Waals surface area contributed by atoms with Gasteiger partial charge in [0.15, 0.2) is 0 Å². The van der Waals surface area contributed by atoms with Crippen LogP contribution in [0.25, 0.3) is 17.1 Å². The summed E-state index contributed by atoms with van der Waals surface area (Å²) in [5.41, 5.74) is 2.05. The Morgan fingerprint density at radius 1 is 1.03 bits per heavy atom. The van der Waals surface area contributed by atoms with Crippen LogP contribution in [0.4, 0.5) is 4.79 Å². The van der Waals surface area contributed by atoms with Crippen molar-refractivity contribution >= 4 is 6.09 Å². The van der Waals surface area contributed by atoms with Crippen LogP contribution < -0.4 is 10.3 Å². The number of nitrogens with zero attached hydrogens (tertiary/aromatic N) is 3. The van der Waals surface area contributed by atoms with Gasteiger partial charge in [0.25, 0.3) is 5.56 Å². The first-order valence-corrected chi connectivity index (χ1v) is 10.6. The van der Waals surface area contributed by atoms with E-state index in [9.17, 15) is 9.59 Å². The molecule has 0 fully saturated rings. The maximum absolute atomic E-state index is 13.6. The lowest BCUT2D eigenvalue weighted by Gasteiger charge is -2.31. The number of methoxy groups -OCH3 is 1. The number of hydrogen-bond acceptors (Lipinski definition) is 5. The Kier molecular flexibility index (Phi) is 5.74. The second kappa shape index (κ2) is 8.49. The third-order valence-corrected chi connectivity index (χ3v) is 5.25. The van der Waals surface area contributed by atoms with Crippen molar-refractivity contribution in [3.63, 3.8) is 0 Å². The Bertz CT molecular complexity index is 1180. The van der Waals surface area contributed by atoms with Gasteiger partial charge in [0.05, 0.1) is 25.0 Å². The molecule has 0 bridgehead atoms. The molecule has 3 aromatic rings. The van der Waals surface area contributed by atoms with E-state index in [2.05, 4.69) is 0 Å². The fourth-order valence-corrected chi connectivity index (χ4v) is 3.72. The third-order valence-electron chi connectivity index (χ3n) is 5.25. The molecule has 1 aliphatic heterocycles. The molecule has 7 nitrogen and oxygen atoms in total. The van der Waals surface area contributed by atoms with E-state index in [1.165, 1.54) is 0 Å². The van der Waals surface area contributed by atoms with Crippen molar-refractivity contribution in [1.29, 1.82) is 0 Å². The van der Waals surface area contributed by atoms with Gasteiger partial charge in [0.1, 0.15) is 17.2 Å². The predicted octanol–water partition coefficient (Wildman–Crippen LogP) is 4.20. The van der Waals surface area contributed by atoms with Gasteiger partial charge in [-0.25, -0.2) is 9.78 Å². The van der Waals surface area contributed by atoms with Crippen molar-refractivity contribution < 1.29 is 14.3 Å². The quantitative estimate of drug-likeness (QED) is 0.619. The maximum Gasteiger partial charge on any atom is 0.410 e. The fraction of sp³-hybridized carbons (Fsp3) is 0.320. The Morgan fingerprint density at radius 2 is 1.72 bits per heavy atom. The number of hydrogen-bond donors (Lipinski definition) is 0. The van der Waals surface area contributed by atoms with Crippen LogP contribution in [0.1, 0.15) is 32.0 Å². The lowest BCUT2D eigenvalue weighted by Crippen LogP contribution is -2.43. The summed E-state index contributed by atoms with van der Waals surface area (Å²) in [5.74, 6) is 1.24. The molecule has 0 unspecified atom stereocenters. The van der Waals surface area contributed by atoms with Crippen molar-refractivity contribution in [1.82, 2.24) is 14.5 Å². The molecule has 1 aromatic heterocycles. The normalized spacial score (nSPS) is 13.4. The number of amides is 1. The summed E-state index contributed by atoms with van der Waals surface area (Å²) in [4.78, 5) is 32.7. The number of rotatable bonds is 3. The molecule has 2 aromatic carbocycles. The van der Waals surface area contributed by atoms with Crippen molar-refractivity contribution in [3.05, 3.63) is 76.2 Å². The Hall–Kier alpha value is -3.61. The van der Waals surface area contributed by atoms with E-state index in [-0.39, 0.29) is 12.1 Å². The highest BCUT2D eigenvalue weighted by Crippen LogP contribution is 2.25. The number of fused-ring (bicyclic) bond motifs is 1. The molecule has 166 valence electrons. The number of ether oxygens (including phenoxy) is 2. The highest BCUT2D eigenvalue weighted by Gasteiger charge is 2.29. The molecule has 0 radical (unpaired) electrons. The van der Waals surface area contributed by atoms with Crippen LogP contribution in [0.5, 0.6) is 5.75 Å². The standard InChI is InChI=1S/C25H27N3O4/c1-25(2,3)32-24(30)27-15-14-20-21(16-27)26-22(17-8-6-5-7-9-17)28(23(20)29)18-10-12-19(31-4)13-11-18/h5-13H,14-16H2,1-4H3. The molecule has 0 saturated heterocycles. The van der Waals surface area contributed by atoms with E-state index < -0.39 is 11.7 Å². The van der Waals surface area contributed by atoms with Gasteiger partial charge >= 0.3 is 6.09 Å². The summed E-state index contributed by atoms with van der Waals surface area (Å²) in [6.45, 7) is 6.15. The van der Waals surface area contributed by atoms with Gasteiger partial charge in [-0.05, 0) is 51.5 Å². The molecule has 0 N–H and O–H groups in total. The van der Waals surface area contributed by atoms with E-state index in [4.69, 9.17) is 14.5 Å². The van der Waals surface area contributed by atoms with Crippen molar-refractivity contribution in [3.8, 4) is 22.8 Å². The van der Waals surface area contributed by atoms with Gasteiger partial charge in [-0.2, -0.15) is 0 Å². The third kappa shape index (κ3) is 4.37. The summed E-state index contributed by atoms with van der Waals surface area (Å²) in [7, 11) is 1.60. The molecule has 4 rings (SSSR count). The zero-order valence-corrected chi connectivity index (χ0v) is 18.8. The van der Waals surface area contributed by atoms with E-state index in [0.717, 1.165) is 5.56 Å². The van der Waals surface area contributed by atoms with Gasteiger partial charge < -0.3 is 14.4 Å². The van der Waals surface area contributed by atoms with Crippen LogP contribution in [0, 0.1) is 0 Å². The SMILES string of the molecule is COc1ccc(-n2c(-c3ccccc3)nc3c(c2=O)CCN(C(=O)OC(C)(C)C)C3)cc1. The lowest BCUT2D eigenvalue weighted by molar-refractivity contribution is 0.0220. The zero-order valence-electron chi connectivity index (χ0n) is 18.8. The van der Waals surface area contributed by atoms with Crippen LogP contribution in [-0.2, 0) is 17.7 Å². The Balaban J connectivity index is 1.81. The van der Waals surface area contributed by atoms with Crippen molar-refractivity contribution in [2.75, 3.05) is 13.7 Å². The van der Waals surface area contributed by atoms with Crippen LogP contribution in [0.3, 0.4) is 0 Å². The smallest absolute Gasteiger partial charge is 0.410 e. The van der Waals surface area contributed by atoms with Gasteiger partial charge in [-0.1, -0.05) is 30.3 Å². The van der Waals surface area contributed by atoms with Crippen molar-refractivity contribution in [2.24, 2.45) is 0 Å². The average Bonchev–Trinajstić information content (AvgIpc) is 2.78. The second-order valence-electron chi connectivity index (χ2n) is 8.72. The van der Waals surface area contributed by atoms with E-state index in [0.29, 0.717) is 41.5 Å². The second-order valence-corrected chi connectivity index (χ2v) is 8.72. The largest absolute Gasteiger partial charge is 0.497 e. The predicted molar refractivity (Wildman–Crippen MR) is 122 cm³/mol. The van der Waals surface area contributed by atoms with Crippen LogP contribution in [-0.4, -0.2) is 39.8 Å². The van der Waals surface area contributed by atoms with Crippen LogP contribution in [0.2, 0.25) is 0 Å². The Morgan fingerprint density at radius 3 is 2.34 bits per heavy atom. The minimum Gasteiger partial charge on any atom is -0.497 e. The molecule has 0 saturated carbocycles. The number of carbonyl (C=O) groups excluding carboxylic acids is 1. The topological polar surface area (TPSA) is 73.7 Å². The van der Waals surface area contributed by atoms with Gasteiger partial charge in [-0.15, -0.1) is 0 Å². The monoisotopic (exact) mass is 433 g/mol. The van der Waals surface area contributed by atoms with Crippen LogP contribution in [0.15, 0.2) is 59.4 Å². The minimum atomic E-state index is -0.586. The van der Waals surface area contributed by atoms with E-state index >= 15 is 0 Å². The molecule has 1 amide bonds. The lowest BCUT2D eigenvalue weighted by atomic mass is 10.1. The summed E-state index contributed by atoms with van der Waals surface area (Å²) in [5, 5.41) is 0. The molecule has 32 heavy (non-hydrogen) atoms. The maximum atomic E-state index is 13.6. The molecule has 1 aliphatic rings. The number of benzene rings is 2. The summed E-state index contributed by atoms with van der Waals surface area (Å²) < 4.78 is 12.4. The van der Waals surface area contributed by atoms with Gasteiger partial charge in [0, 0.05) is 17.7 Å². The Labute approximate surface area is 187 Å². The zero-order chi connectivity index (χ0) is 22.9. The van der Waals surface area contributed by atoms with Gasteiger partial charge in [-0.3, -0.25) is 9.36 Å². The first-order valence-electron chi connectivity index (χ1n) is 10.6. The first-order chi connectivity index (χ1) is 15.3. The van der Waals surface area contributed by atoms with Gasteiger partial charge in [0.2, 0.25) is 0 Å². The summed E-state index contributed by atoms with van der Waals surface area (Å²) in [6, 6.07) is 16.9. The molecule has 7 heteroatoms. The molecule has 2 heterocycles. The fourth-order valence-electron chi connectivity index (χ4n) is 3.72. The molecule has 0 aliphatic carbocycles. The molecule has 0 atom stereocenters. The highest BCUT2D eigenvalue weighted by atomic mass is 16.6. The molecular formula is C25H27N3O4. The highest BCUT2D eigenvalue weighted by molar-refractivity contribution is 5.69. The number of aromatic nitrogens is 2.